The molecule has 4 aromatic rings. The fourth-order valence-electron chi connectivity index (χ4n) is 4.49. The van der Waals surface area contributed by atoms with Crippen LogP contribution in [0, 0.1) is 0 Å². The number of allylic oxidation sites excluding steroid dienone is 2. The molecule has 32 heavy (non-hydrogen) atoms. The van der Waals surface area contributed by atoms with Crippen molar-refractivity contribution < 1.29 is 13.9 Å². The van der Waals surface area contributed by atoms with Gasteiger partial charge in [-0.2, -0.15) is 0 Å². The lowest BCUT2D eigenvalue weighted by atomic mass is 9.80. The molecule has 0 N–H and O–H groups in total. The lowest BCUT2D eigenvalue weighted by Gasteiger charge is -2.30. The first-order valence-electron chi connectivity index (χ1n) is 10.6. The van der Waals surface area contributed by atoms with Gasteiger partial charge in [0.2, 0.25) is 5.88 Å². The van der Waals surface area contributed by atoms with Gasteiger partial charge >= 0.3 is 0 Å². The number of hydrogen-bond donors (Lipinski definition) is 0. The highest BCUT2D eigenvalue weighted by Gasteiger charge is 2.40. The second kappa shape index (κ2) is 7.05. The molecule has 0 saturated heterocycles. The van der Waals surface area contributed by atoms with Crippen LogP contribution in [0.5, 0.6) is 5.88 Å². The first-order chi connectivity index (χ1) is 15.6. The molecule has 8 heteroatoms. The van der Waals surface area contributed by atoms with Crippen LogP contribution in [-0.2, 0) is 4.79 Å². The van der Waals surface area contributed by atoms with Crippen molar-refractivity contribution >= 4 is 17.1 Å². The molecule has 0 unspecified atom stereocenters. The molecule has 8 nitrogen and oxygen atoms in total. The zero-order valence-electron chi connectivity index (χ0n) is 17.8. The molecule has 0 saturated carbocycles. The van der Waals surface area contributed by atoms with E-state index in [1.54, 1.807) is 17.1 Å². The minimum absolute atomic E-state index is 0.0827. The SMILES string of the molecule is CN(C)c1ccc(-c2nc3c4c(ncn3n2)OC2=C(C(=O)CCC2)[C@@H]4c2ccco2)cc1. The number of carbonyl (C=O) groups is 1. The van der Waals surface area contributed by atoms with E-state index in [4.69, 9.17) is 14.1 Å². The molecule has 1 aliphatic heterocycles. The largest absolute Gasteiger partial charge is 0.468 e. The Morgan fingerprint density at radius 1 is 1.12 bits per heavy atom. The molecule has 160 valence electrons. The van der Waals surface area contributed by atoms with Crippen molar-refractivity contribution in [2.24, 2.45) is 0 Å². The van der Waals surface area contributed by atoms with Crippen LogP contribution in [0.4, 0.5) is 5.69 Å². The van der Waals surface area contributed by atoms with Gasteiger partial charge in [-0.15, -0.1) is 5.10 Å². The van der Waals surface area contributed by atoms with Crippen molar-refractivity contribution in [2.45, 2.75) is 25.2 Å². The zero-order valence-corrected chi connectivity index (χ0v) is 17.8. The first kappa shape index (κ1) is 18.8. The molecular formula is C24H21N5O3. The summed E-state index contributed by atoms with van der Waals surface area (Å²) in [4.78, 5) is 24.3. The van der Waals surface area contributed by atoms with Gasteiger partial charge in [-0.25, -0.2) is 14.5 Å². The van der Waals surface area contributed by atoms with Gasteiger partial charge in [0.25, 0.3) is 0 Å². The highest BCUT2D eigenvalue weighted by Crippen LogP contribution is 2.47. The second-order valence-electron chi connectivity index (χ2n) is 8.27. The van der Waals surface area contributed by atoms with Crippen LogP contribution in [0.2, 0.25) is 0 Å². The fraction of sp³-hybridized carbons (Fsp3) is 0.250. The lowest BCUT2D eigenvalue weighted by Crippen LogP contribution is -2.26. The molecule has 6 rings (SSSR count). The highest BCUT2D eigenvalue weighted by atomic mass is 16.5. The maximum absolute atomic E-state index is 12.9. The van der Waals surface area contributed by atoms with Gasteiger partial charge < -0.3 is 14.1 Å². The topological polar surface area (TPSA) is 85.8 Å². The Labute approximate surface area is 184 Å². The summed E-state index contributed by atoms with van der Waals surface area (Å²) in [6, 6.07) is 11.8. The lowest BCUT2D eigenvalue weighted by molar-refractivity contribution is -0.116. The predicted molar refractivity (Wildman–Crippen MR) is 118 cm³/mol. The van der Waals surface area contributed by atoms with Crippen molar-refractivity contribution in [3.63, 3.8) is 0 Å². The summed E-state index contributed by atoms with van der Waals surface area (Å²) in [6.07, 6.45) is 5.21. The summed E-state index contributed by atoms with van der Waals surface area (Å²) in [5.41, 5.74) is 3.95. The molecule has 1 atom stereocenters. The van der Waals surface area contributed by atoms with Crippen LogP contribution in [0.25, 0.3) is 17.0 Å². The second-order valence-corrected chi connectivity index (χ2v) is 8.27. The summed E-state index contributed by atoms with van der Waals surface area (Å²) in [6.45, 7) is 0. The Hall–Kier alpha value is -3.94. The molecule has 1 aromatic carbocycles. The van der Waals surface area contributed by atoms with Crippen molar-refractivity contribution in [3.05, 3.63) is 71.6 Å². The van der Waals surface area contributed by atoms with Gasteiger partial charge in [0, 0.05) is 43.8 Å². The number of nitrogens with zero attached hydrogens (tertiary/aromatic N) is 5. The Kier molecular flexibility index (Phi) is 4.14. The number of hydrogen-bond acceptors (Lipinski definition) is 7. The summed E-state index contributed by atoms with van der Waals surface area (Å²) >= 11 is 0. The number of benzene rings is 1. The number of fused-ring (bicyclic) bond motifs is 3. The average Bonchev–Trinajstić information content (AvgIpc) is 3.48. The van der Waals surface area contributed by atoms with E-state index in [0.717, 1.165) is 17.7 Å². The van der Waals surface area contributed by atoms with Gasteiger partial charge in [0.05, 0.1) is 17.7 Å². The molecule has 1 aliphatic carbocycles. The average molecular weight is 427 g/mol. The Morgan fingerprint density at radius 2 is 1.97 bits per heavy atom. The number of carbonyl (C=O) groups excluding carboxylic acids is 1. The number of ketones is 1. The smallest absolute Gasteiger partial charge is 0.228 e. The summed E-state index contributed by atoms with van der Waals surface area (Å²) < 4.78 is 13.5. The van der Waals surface area contributed by atoms with Crippen LogP contribution in [0.1, 0.15) is 36.5 Å². The third kappa shape index (κ3) is 2.83. The number of ether oxygens (including phenoxy) is 1. The van der Waals surface area contributed by atoms with Gasteiger partial charge in [-0.05, 0) is 42.8 Å². The van der Waals surface area contributed by atoms with Gasteiger partial charge in [0.1, 0.15) is 17.8 Å². The monoisotopic (exact) mass is 427 g/mol. The van der Waals surface area contributed by atoms with E-state index in [1.165, 1.54) is 0 Å². The third-order valence-corrected chi connectivity index (χ3v) is 6.06. The number of anilines is 1. The van der Waals surface area contributed by atoms with Crippen molar-refractivity contribution in [2.75, 3.05) is 19.0 Å². The van der Waals surface area contributed by atoms with Gasteiger partial charge in [-0.3, -0.25) is 4.79 Å². The normalized spacial score (nSPS) is 17.8. The summed E-state index contributed by atoms with van der Waals surface area (Å²) in [5.74, 6) is 2.06. The van der Waals surface area contributed by atoms with Crippen LogP contribution in [0.15, 0.2) is 64.7 Å². The quantitative estimate of drug-likeness (QED) is 0.489. The zero-order chi connectivity index (χ0) is 21.8. The molecule has 3 aromatic heterocycles. The van der Waals surface area contributed by atoms with Crippen molar-refractivity contribution in [1.29, 1.82) is 0 Å². The van der Waals surface area contributed by atoms with E-state index in [2.05, 4.69) is 10.1 Å². The predicted octanol–water partition coefficient (Wildman–Crippen LogP) is 3.98. The van der Waals surface area contributed by atoms with Gasteiger partial charge in [-0.1, -0.05) is 0 Å². The van der Waals surface area contributed by atoms with E-state index in [1.807, 2.05) is 55.4 Å². The minimum atomic E-state index is -0.416. The number of rotatable bonds is 3. The minimum Gasteiger partial charge on any atom is -0.468 e. The Balaban J connectivity index is 1.54. The Bertz CT molecular complexity index is 1370. The van der Waals surface area contributed by atoms with E-state index < -0.39 is 5.92 Å². The summed E-state index contributed by atoms with van der Waals surface area (Å²) in [7, 11) is 4.00. The molecule has 0 bridgehead atoms. The molecule has 4 heterocycles. The molecular weight excluding hydrogens is 406 g/mol. The molecule has 0 amide bonds. The molecule has 0 fully saturated rings. The maximum Gasteiger partial charge on any atom is 0.228 e. The van der Waals surface area contributed by atoms with E-state index in [0.29, 0.717) is 52.8 Å². The van der Waals surface area contributed by atoms with Crippen molar-refractivity contribution in [1.82, 2.24) is 19.6 Å². The Morgan fingerprint density at radius 3 is 2.72 bits per heavy atom. The van der Waals surface area contributed by atoms with Crippen molar-refractivity contribution in [3.8, 4) is 17.3 Å². The van der Waals surface area contributed by atoms with Gasteiger partial charge in [0.15, 0.2) is 17.3 Å². The van der Waals surface area contributed by atoms with E-state index in [-0.39, 0.29) is 5.78 Å². The highest BCUT2D eigenvalue weighted by molar-refractivity contribution is 5.99. The molecule has 0 radical (unpaired) electrons. The van der Waals surface area contributed by atoms with E-state index >= 15 is 0 Å². The summed E-state index contributed by atoms with van der Waals surface area (Å²) in [5, 5.41) is 4.65. The fourth-order valence-corrected chi connectivity index (χ4v) is 4.49. The number of aromatic nitrogens is 4. The van der Waals surface area contributed by atoms with Crippen LogP contribution < -0.4 is 9.64 Å². The maximum atomic E-state index is 12.9. The standard InChI is InChI=1S/C24H21N5O3/c1-28(2)15-10-8-14(9-11-15)22-26-23-21-20(17-7-4-12-31-17)19-16(30)5-3-6-18(19)32-24(21)25-13-29(23)27-22/h4,7-13,20H,3,5-6H2,1-2H3/t20-/m0/s1. The van der Waals surface area contributed by atoms with Crippen LogP contribution in [-0.4, -0.2) is 39.5 Å². The van der Waals surface area contributed by atoms with E-state index in [9.17, 15) is 4.79 Å². The number of Topliss-reactive ketones (excluding diaryl/α,β-unsaturated/α-hetero) is 1. The number of furan rings is 1. The first-order valence-corrected chi connectivity index (χ1v) is 10.6. The molecule has 2 aliphatic rings. The third-order valence-electron chi connectivity index (χ3n) is 6.06. The van der Waals surface area contributed by atoms with Crippen LogP contribution >= 0.6 is 0 Å². The molecule has 0 spiro atoms. The van der Waals surface area contributed by atoms with Crippen LogP contribution in [0.3, 0.4) is 0 Å².